The van der Waals surface area contributed by atoms with Gasteiger partial charge in [-0.2, -0.15) is 0 Å². The zero-order chi connectivity index (χ0) is 15.4. The molecular weight excluding hydrogens is 342 g/mol. The van der Waals surface area contributed by atoms with E-state index in [1.807, 2.05) is 6.07 Å². The molecule has 2 rings (SSSR count). The number of nitrogens with zero attached hydrogens (tertiary/aromatic N) is 3. The van der Waals surface area contributed by atoms with Gasteiger partial charge >= 0.3 is 5.97 Å². The van der Waals surface area contributed by atoms with E-state index in [9.17, 15) is 9.59 Å². The fourth-order valence-electron chi connectivity index (χ4n) is 1.58. The van der Waals surface area contributed by atoms with Gasteiger partial charge in [0.05, 0.1) is 7.11 Å². The summed E-state index contributed by atoms with van der Waals surface area (Å²) < 4.78 is 6.47. The van der Waals surface area contributed by atoms with Crippen molar-refractivity contribution < 1.29 is 14.3 Å². The number of ether oxygens (including phenoxy) is 1. The number of hydrogen-bond acceptors (Lipinski definition) is 6. The zero-order valence-electron chi connectivity index (χ0n) is 11.0. The van der Waals surface area contributed by atoms with Gasteiger partial charge in [-0.25, -0.2) is 9.48 Å². The van der Waals surface area contributed by atoms with Gasteiger partial charge in [-0.1, -0.05) is 27.2 Å². The molecule has 1 aromatic heterocycles. The van der Waals surface area contributed by atoms with Crippen LogP contribution < -0.4 is 11.1 Å². The Balaban J connectivity index is 2.06. The summed E-state index contributed by atoms with van der Waals surface area (Å²) in [7, 11) is 1.21. The van der Waals surface area contributed by atoms with Crippen molar-refractivity contribution in [2.24, 2.45) is 0 Å². The highest BCUT2D eigenvalue weighted by molar-refractivity contribution is 9.10. The number of esters is 1. The van der Waals surface area contributed by atoms with Crippen LogP contribution in [0.4, 0.5) is 11.5 Å². The van der Waals surface area contributed by atoms with E-state index in [0.717, 1.165) is 9.15 Å². The minimum absolute atomic E-state index is 0.0220. The van der Waals surface area contributed by atoms with Crippen molar-refractivity contribution >= 4 is 39.3 Å². The normalized spacial score (nSPS) is 10.2. The summed E-state index contributed by atoms with van der Waals surface area (Å²) in [6.45, 7) is -0.164. The number of nitrogens with two attached hydrogens (primary N) is 1. The Kier molecular flexibility index (Phi) is 4.53. The van der Waals surface area contributed by atoms with Gasteiger partial charge in [0, 0.05) is 10.2 Å². The molecule has 8 nitrogen and oxygen atoms in total. The topological polar surface area (TPSA) is 112 Å². The maximum absolute atomic E-state index is 11.9. The van der Waals surface area contributed by atoms with Crippen LogP contribution in [-0.4, -0.2) is 34.0 Å². The van der Waals surface area contributed by atoms with Gasteiger partial charge in [-0.3, -0.25) is 4.79 Å². The van der Waals surface area contributed by atoms with Crippen LogP contribution in [-0.2, 0) is 16.1 Å². The molecule has 3 N–H and O–H groups in total. The van der Waals surface area contributed by atoms with E-state index < -0.39 is 5.97 Å². The van der Waals surface area contributed by atoms with Gasteiger partial charge in [0.1, 0.15) is 6.54 Å². The van der Waals surface area contributed by atoms with Crippen LogP contribution in [0.5, 0.6) is 0 Å². The lowest BCUT2D eigenvalue weighted by molar-refractivity contribution is -0.116. The van der Waals surface area contributed by atoms with Crippen LogP contribution in [0.1, 0.15) is 10.5 Å². The van der Waals surface area contributed by atoms with Crippen molar-refractivity contribution in [3.05, 3.63) is 34.4 Å². The van der Waals surface area contributed by atoms with Gasteiger partial charge in [0.2, 0.25) is 11.6 Å². The molecule has 1 aromatic carbocycles. The first-order valence-corrected chi connectivity index (χ1v) is 6.63. The summed E-state index contributed by atoms with van der Waals surface area (Å²) in [6.07, 6.45) is 0. The predicted molar refractivity (Wildman–Crippen MR) is 78.5 cm³/mol. The smallest absolute Gasteiger partial charge is 0.362 e. The van der Waals surface area contributed by atoms with Crippen LogP contribution in [0.25, 0.3) is 0 Å². The number of aromatic nitrogens is 3. The molecule has 0 aliphatic carbocycles. The first-order chi connectivity index (χ1) is 10.0. The molecule has 1 heterocycles. The first kappa shape index (κ1) is 15.0. The molecule has 110 valence electrons. The average molecular weight is 354 g/mol. The Bertz CT molecular complexity index is 685. The Morgan fingerprint density at radius 3 is 2.90 bits per heavy atom. The van der Waals surface area contributed by atoms with E-state index in [0.29, 0.717) is 5.69 Å². The second-order valence-corrected chi connectivity index (χ2v) is 4.95. The van der Waals surface area contributed by atoms with E-state index in [1.54, 1.807) is 18.2 Å². The second-order valence-electron chi connectivity index (χ2n) is 4.03. The molecule has 0 aliphatic heterocycles. The van der Waals surface area contributed by atoms with E-state index in [-0.39, 0.29) is 24.0 Å². The molecule has 0 fully saturated rings. The molecule has 0 unspecified atom stereocenters. The van der Waals surface area contributed by atoms with Crippen molar-refractivity contribution in [1.29, 1.82) is 0 Å². The van der Waals surface area contributed by atoms with Crippen molar-refractivity contribution in [2.45, 2.75) is 6.54 Å². The predicted octanol–water partition coefficient (Wildman–Crippen LogP) is 1.05. The molecule has 0 spiro atoms. The molecule has 0 radical (unpaired) electrons. The maximum Gasteiger partial charge on any atom is 0.362 e. The number of nitrogen functional groups attached to an aromatic ring is 1. The minimum atomic E-state index is -0.703. The first-order valence-electron chi connectivity index (χ1n) is 5.84. The van der Waals surface area contributed by atoms with Crippen molar-refractivity contribution in [3.8, 4) is 0 Å². The monoisotopic (exact) mass is 353 g/mol. The molecule has 9 heteroatoms. The fourth-order valence-corrected chi connectivity index (χ4v) is 1.98. The van der Waals surface area contributed by atoms with Crippen LogP contribution in [0.15, 0.2) is 28.7 Å². The molecule has 0 atom stereocenters. The third-order valence-electron chi connectivity index (χ3n) is 2.55. The van der Waals surface area contributed by atoms with Crippen molar-refractivity contribution in [2.75, 3.05) is 18.2 Å². The lowest BCUT2D eigenvalue weighted by atomic mass is 10.3. The zero-order valence-corrected chi connectivity index (χ0v) is 12.6. The quantitative estimate of drug-likeness (QED) is 0.794. The third-order valence-corrected chi connectivity index (χ3v) is 3.05. The van der Waals surface area contributed by atoms with Gasteiger partial charge in [-0.15, -0.1) is 5.10 Å². The average Bonchev–Trinajstić information content (AvgIpc) is 2.79. The molecule has 0 saturated carbocycles. The second kappa shape index (κ2) is 6.35. The highest BCUT2D eigenvalue weighted by Gasteiger charge is 2.19. The highest BCUT2D eigenvalue weighted by atomic mass is 79.9. The largest absolute Gasteiger partial charge is 0.464 e. The number of anilines is 2. The Hall–Kier alpha value is -2.42. The van der Waals surface area contributed by atoms with Gasteiger partial charge in [0.15, 0.2) is 5.82 Å². The van der Waals surface area contributed by atoms with Gasteiger partial charge in [-0.05, 0) is 18.2 Å². The molecule has 0 aliphatic rings. The van der Waals surface area contributed by atoms with Crippen molar-refractivity contribution in [1.82, 2.24) is 15.0 Å². The Morgan fingerprint density at radius 1 is 1.48 bits per heavy atom. The number of carbonyl (C=O) groups excluding carboxylic acids is 2. The lowest BCUT2D eigenvalue weighted by Gasteiger charge is -2.06. The number of hydrogen-bond donors (Lipinski definition) is 2. The van der Waals surface area contributed by atoms with Crippen molar-refractivity contribution in [3.63, 3.8) is 0 Å². The summed E-state index contributed by atoms with van der Waals surface area (Å²) >= 11 is 3.31. The summed E-state index contributed by atoms with van der Waals surface area (Å²) in [5, 5.41) is 9.92. The summed E-state index contributed by atoms with van der Waals surface area (Å²) in [5.74, 6) is -1.07. The van der Waals surface area contributed by atoms with E-state index >= 15 is 0 Å². The Morgan fingerprint density at radius 2 is 2.24 bits per heavy atom. The summed E-state index contributed by atoms with van der Waals surface area (Å²) in [4.78, 5) is 23.2. The van der Waals surface area contributed by atoms with Crippen LogP contribution in [0.2, 0.25) is 0 Å². The summed E-state index contributed by atoms with van der Waals surface area (Å²) in [6, 6.07) is 7.13. The van der Waals surface area contributed by atoms with E-state index in [4.69, 9.17) is 5.73 Å². The van der Waals surface area contributed by atoms with Gasteiger partial charge < -0.3 is 15.8 Å². The third kappa shape index (κ3) is 3.57. The standard InChI is InChI=1S/C12H12BrN5O3/c1-21-12(20)10-11(14)18(17-16-10)6-9(19)15-8-4-2-3-7(13)5-8/h2-5H,6,14H2,1H3,(H,15,19). The molecule has 2 aromatic rings. The number of carbonyl (C=O) groups is 2. The molecule has 1 amide bonds. The van der Waals surface area contributed by atoms with Crippen LogP contribution in [0, 0.1) is 0 Å². The maximum atomic E-state index is 11.9. The molecular formula is C12H12BrN5O3. The van der Waals surface area contributed by atoms with Crippen LogP contribution >= 0.6 is 15.9 Å². The number of nitrogens with one attached hydrogen (secondary N) is 1. The molecule has 21 heavy (non-hydrogen) atoms. The van der Waals surface area contributed by atoms with E-state index in [2.05, 4.69) is 36.3 Å². The fraction of sp³-hybridized carbons (Fsp3) is 0.167. The lowest BCUT2D eigenvalue weighted by Crippen LogP contribution is -2.21. The number of halogens is 1. The molecule has 0 bridgehead atoms. The number of methoxy groups -OCH3 is 1. The number of benzene rings is 1. The Labute approximate surface area is 128 Å². The SMILES string of the molecule is COC(=O)c1nnn(CC(=O)Nc2cccc(Br)c2)c1N. The highest BCUT2D eigenvalue weighted by Crippen LogP contribution is 2.16. The molecule has 0 saturated heterocycles. The van der Waals surface area contributed by atoms with Gasteiger partial charge in [0.25, 0.3) is 0 Å². The number of amides is 1. The number of rotatable bonds is 4. The minimum Gasteiger partial charge on any atom is -0.464 e. The summed E-state index contributed by atoms with van der Waals surface area (Å²) in [5.41, 5.74) is 6.20. The van der Waals surface area contributed by atoms with E-state index in [1.165, 1.54) is 7.11 Å². The van der Waals surface area contributed by atoms with Crippen LogP contribution in [0.3, 0.4) is 0 Å².